The number of nitrogens with two attached hydrogens (primary N) is 1. The SMILES string of the molecule is NS(=O)(=NC(O)Nc1c2c(c(F)c3c1CC3)CCC2)c1cnn2c1OCC2. The van der Waals surface area contributed by atoms with Crippen molar-refractivity contribution in [2.45, 2.75) is 49.9 Å². The number of fused-ring (bicyclic) bond motifs is 3. The molecule has 2 atom stereocenters. The summed E-state index contributed by atoms with van der Waals surface area (Å²) >= 11 is 0. The van der Waals surface area contributed by atoms with E-state index in [0.29, 0.717) is 43.1 Å². The highest BCUT2D eigenvalue weighted by Crippen LogP contribution is 2.42. The van der Waals surface area contributed by atoms with Crippen LogP contribution in [0.4, 0.5) is 10.1 Å². The Hall–Kier alpha value is -2.17. The van der Waals surface area contributed by atoms with Gasteiger partial charge in [-0.3, -0.25) is 0 Å². The first-order chi connectivity index (χ1) is 13.0. The van der Waals surface area contributed by atoms with Gasteiger partial charge in [-0.05, 0) is 54.4 Å². The fraction of sp³-hybridized carbons (Fsp3) is 0.471. The number of aliphatic hydroxyl groups excluding tert-OH is 1. The summed E-state index contributed by atoms with van der Waals surface area (Å²) in [5, 5.41) is 23.3. The molecule has 2 heterocycles. The molecular formula is C17H20FN5O3S. The fourth-order valence-electron chi connectivity index (χ4n) is 4.15. The average Bonchev–Trinajstić information content (AvgIpc) is 3.27. The summed E-state index contributed by atoms with van der Waals surface area (Å²) in [4.78, 5) is 0.165. The average molecular weight is 393 g/mol. The predicted octanol–water partition coefficient (Wildman–Crippen LogP) is 1.09. The fourth-order valence-corrected chi connectivity index (χ4v) is 5.22. The molecule has 0 bridgehead atoms. The number of halogens is 1. The molecule has 2 aliphatic carbocycles. The quantitative estimate of drug-likeness (QED) is 0.673. The molecule has 0 spiro atoms. The van der Waals surface area contributed by atoms with E-state index in [-0.39, 0.29) is 10.7 Å². The summed E-state index contributed by atoms with van der Waals surface area (Å²) in [6.45, 7) is 0.986. The highest BCUT2D eigenvalue weighted by atomic mass is 32.2. The monoisotopic (exact) mass is 393 g/mol. The van der Waals surface area contributed by atoms with Gasteiger partial charge in [-0.1, -0.05) is 0 Å². The van der Waals surface area contributed by atoms with Gasteiger partial charge in [-0.2, -0.15) is 9.46 Å². The number of aromatic nitrogens is 2. The Morgan fingerprint density at radius 1 is 1.30 bits per heavy atom. The van der Waals surface area contributed by atoms with Crippen LogP contribution in [0, 0.1) is 5.82 Å². The summed E-state index contributed by atoms with van der Waals surface area (Å²) in [7, 11) is -3.41. The smallest absolute Gasteiger partial charge is 0.233 e. The van der Waals surface area contributed by atoms with Crippen molar-refractivity contribution >= 4 is 15.6 Å². The maximum absolute atomic E-state index is 14.5. The van der Waals surface area contributed by atoms with Gasteiger partial charge in [0.15, 0.2) is 0 Å². The minimum absolute atomic E-state index is 0.101. The van der Waals surface area contributed by atoms with E-state index in [9.17, 15) is 13.7 Å². The van der Waals surface area contributed by atoms with Crippen LogP contribution in [-0.2, 0) is 42.1 Å². The molecule has 8 nitrogen and oxygen atoms in total. The Balaban J connectivity index is 1.49. The number of nitrogens with one attached hydrogen (secondary N) is 1. The van der Waals surface area contributed by atoms with Gasteiger partial charge < -0.3 is 15.2 Å². The molecule has 0 radical (unpaired) electrons. The van der Waals surface area contributed by atoms with Gasteiger partial charge in [0.05, 0.1) is 12.7 Å². The molecule has 1 aliphatic heterocycles. The van der Waals surface area contributed by atoms with E-state index in [2.05, 4.69) is 14.8 Å². The molecule has 144 valence electrons. The van der Waals surface area contributed by atoms with Crippen LogP contribution < -0.4 is 15.2 Å². The molecule has 27 heavy (non-hydrogen) atoms. The number of hydrogen-bond acceptors (Lipinski definition) is 6. The van der Waals surface area contributed by atoms with Crippen molar-refractivity contribution in [1.29, 1.82) is 0 Å². The zero-order valence-electron chi connectivity index (χ0n) is 14.6. The second kappa shape index (κ2) is 5.91. The first-order valence-electron chi connectivity index (χ1n) is 8.98. The first kappa shape index (κ1) is 17.0. The van der Waals surface area contributed by atoms with Gasteiger partial charge >= 0.3 is 0 Å². The summed E-state index contributed by atoms with van der Waals surface area (Å²) in [5.74, 6) is 0.223. The summed E-state index contributed by atoms with van der Waals surface area (Å²) < 4.78 is 38.3. The lowest BCUT2D eigenvalue weighted by Gasteiger charge is -2.28. The summed E-state index contributed by atoms with van der Waals surface area (Å²) in [6, 6.07) is 0. The number of anilines is 1. The second-order valence-corrected chi connectivity index (χ2v) is 8.82. The Morgan fingerprint density at radius 2 is 2.00 bits per heavy atom. The van der Waals surface area contributed by atoms with Crippen LogP contribution in [0.5, 0.6) is 5.88 Å². The first-order valence-corrected chi connectivity index (χ1v) is 10.6. The third-order valence-electron chi connectivity index (χ3n) is 5.49. The van der Waals surface area contributed by atoms with Crippen LogP contribution in [0.1, 0.15) is 28.7 Å². The minimum Gasteiger partial charge on any atom is -0.475 e. The molecule has 0 saturated heterocycles. The molecule has 1 aromatic heterocycles. The number of benzene rings is 1. The number of ether oxygens (including phenoxy) is 1. The number of aliphatic hydroxyl groups is 1. The van der Waals surface area contributed by atoms with Gasteiger partial charge in [0.1, 0.15) is 27.2 Å². The van der Waals surface area contributed by atoms with Crippen LogP contribution in [0.3, 0.4) is 0 Å². The highest BCUT2D eigenvalue weighted by Gasteiger charge is 2.32. The Morgan fingerprint density at radius 3 is 2.78 bits per heavy atom. The number of rotatable bonds is 4. The molecule has 10 heteroatoms. The van der Waals surface area contributed by atoms with E-state index >= 15 is 0 Å². The molecule has 0 saturated carbocycles. The minimum atomic E-state index is -3.41. The molecular weight excluding hydrogens is 373 g/mol. The van der Waals surface area contributed by atoms with Gasteiger partial charge in [0.25, 0.3) is 0 Å². The molecule has 2 unspecified atom stereocenters. The molecule has 4 N–H and O–H groups in total. The van der Waals surface area contributed by atoms with Gasteiger partial charge in [-0.15, -0.1) is 0 Å². The van der Waals surface area contributed by atoms with E-state index in [1.165, 1.54) is 6.20 Å². The summed E-state index contributed by atoms with van der Waals surface area (Å²) in [5.41, 5.74) is 3.91. The lowest BCUT2D eigenvalue weighted by molar-refractivity contribution is 0.215. The third-order valence-corrected chi connectivity index (χ3v) is 6.91. The van der Waals surface area contributed by atoms with Gasteiger partial charge in [0, 0.05) is 5.69 Å². The van der Waals surface area contributed by atoms with Crippen LogP contribution in [0.2, 0.25) is 0 Å². The van der Waals surface area contributed by atoms with E-state index < -0.39 is 16.3 Å². The van der Waals surface area contributed by atoms with E-state index in [1.807, 2.05) is 0 Å². The molecule has 3 aliphatic rings. The zero-order chi connectivity index (χ0) is 18.8. The van der Waals surface area contributed by atoms with Crippen molar-refractivity contribution in [3.63, 3.8) is 0 Å². The van der Waals surface area contributed by atoms with Crippen molar-refractivity contribution in [3.05, 3.63) is 34.3 Å². The van der Waals surface area contributed by atoms with Gasteiger partial charge in [0.2, 0.25) is 12.2 Å². The Labute approximate surface area is 155 Å². The topological polar surface area (TPSA) is 115 Å². The Bertz CT molecular complexity index is 1070. The van der Waals surface area contributed by atoms with Crippen molar-refractivity contribution in [2.24, 2.45) is 9.50 Å². The molecule has 1 aromatic carbocycles. The second-order valence-electron chi connectivity index (χ2n) is 7.03. The number of hydrogen-bond donors (Lipinski definition) is 3. The lowest BCUT2D eigenvalue weighted by Crippen LogP contribution is -2.26. The maximum atomic E-state index is 14.5. The Kier molecular flexibility index (Phi) is 3.72. The van der Waals surface area contributed by atoms with Gasteiger partial charge in [-0.25, -0.2) is 18.4 Å². The van der Waals surface area contributed by atoms with Crippen LogP contribution >= 0.6 is 0 Å². The molecule has 5 rings (SSSR count). The lowest BCUT2D eigenvalue weighted by atomic mass is 9.82. The van der Waals surface area contributed by atoms with E-state index in [1.54, 1.807) is 4.68 Å². The van der Waals surface area contributed by atoms with Crippen molar-refractivity contribution < 1.29 is 18.4 Å². The molecule has 0 amide bonds. The van der Waals surface area contributed by atoms with E-state index in [4.69, 9.17) is 9.88 Å². The standard InChI is InChI=1S/C17H20FN5O3S/c18-14-9-2-1-3-11(9)15(12-5-4-10(12)14)21-17(24)22-27(19,25)13-8-20-23-6-7-26-16(13)23/h8,17,21,24H,1-7H2,(H2,19,22,25). The van der Waals surface area contributed by atoms with Crippen molar-refractivity contribution in [1.82, 2.24) is 9.78 Å². The normalized spacial score (nSPS) is 20.0. The third kappa shape index (κ3) is 2.54. The van der Waals surface area contributed by atoms with Crippen LogP contribution in [0.15, 0.2) is 15.5 Å². The summed E-state index contributed by atoms with van der Waals surface area (Å²) in [6.07, 6.45) is 3.64. The largest absolute Gasteiger partial charge is 0.475 e. The van der Waals surface area contributed by atoms with E-state index in [0.717, 1.165) is 36.0 Å². The predicted molar refractivity (Wildman–Crippen MR) is 96.2 cm³/mol. The van der Waals surface area contributed by atoms with Crippen LogP contribution in [0.25, 0.3) is 0 Å². The maximum Gasteiger partial charge on any atom is 0.233 e. The highest BCUT2D eigenvalue weighted by molar-refractivity contribution is 7.91. The number of nitrogens with zero attached hydrogens (tertiary/aromatic N) is 3. The molecule has 0 fully saturated rings. The van der Waals surface area contributed by atoms with Crippen LogP contribution in [-0.4, -0.2) is 32.1 Å². The molecule has 2 aromatic rings. The zero-order valence-corrected chi connectivity index (χ0v) is 15.4. The van der Waals surface area contributed by atoms with Crippen molar-refractivity contribution in [2.75, 3.05) is 11.9 Å². The van der Waals surface area contributed by atoms with Crippen molar-refractivity contribution in [3.8, 4) is 5.88 Å².